The lowest BCUT2D eigenvalue weighted by Crippen LogP contribution is -2.35. The standard InChI is InChI=1S/C11H10ClNO5S/c1-6(2)19(16,17)18-13-10(14)8-4-3-7(12)5-9(8)11(13)15/h3-6H,1-2H3. The first-order valence-corrected chi connectivity index (χ1v) is 7.20. The van der Waals surface area contributed by atoms with Gasteiger partial charge < -0.3 is 0 Å². The molecule has 0 saturated heterocycles. The van der Waals surface area contributed by atoms with Crippen molar-refractivity contribution in [3.63, 3.8) is 0 Å². The molecule has 1 aromatic carbocycles. The third kappa shape index (κ3) is 2.36. The highest BCUT2D eigenvalue weighted by molar-refractivity contribution is 7.87. The van der Waals surface area contributed by atoms with Gasteiger partial charge in [0, 0.05) is 5.02 Å². The van der Waals surface area contributed by atoms with E-state index in [1.807, 2.05) is 0 Å². The van der Waals surface area contributed by atoms with E-state index in [2.05, 4.69) is 4.28 Å². The van der Waals surface area contributed by atoms with Crippen LogP contribution in [0.15, 0.2) is 18.2 Å². The van der Waals surface area contributed by atoms with Crippen molar-refractivity contribution in [2.45, 2.75) is 19.1 Å². The number of hydroxylamine groups is 2. The second-order valence-corrected chi connectivity index (χ2v) is 6.72. The molecule has 2 rings (SSSR count). The minimum Gasteiger partial charge on any atom is -0.266 e. The predicted octanol–water partition coefficient (Wildman–Crippen LogP) is 1.61. The van der Waals surface area contributed by atoms with E-state index in [9.17, 15) is 18.0 Å². The van der Waals surface area contributed by atoms with Gasteiger partial charge in [-0.3, -0.25) is 9.59 Å². The SMILES string of the molecule is CC(C)S(=O)(=O)ON1C(=O)c2ccc(Cl)cc2C1=O. The Morgan fingerprint density at radius 2 is 1.74 bits per heavy atom. The van der Waals surface area contributed by atoms with Crippen LogP contribution in [0.2, 0.25) is 5.02 Å². The molecule has 0 fully saturated rings. The molecule has 0 radical (unpaired) electrons. The zero-order chi connectivity index (χ0) is 14.4. The number of benzene rings is 1. The summed E-state index contributed by atoms with van der Waals surface area (Å²) in [5.74, 6) is -1.66. The molecule has 8 heteroatoms. The third-order valence-corrected chi connectivity index (χ3v) is 4.31. The summed E-state index contributed by atoms with van der Waals surface area (Å²) in [7, 11) is -4.02. The van der Waals surface area contributed by atoms with Gasteiger partial charge in [-0.25, -0.2) is 0 Å². The number of carbonyl (C=O) groups excluding carboxylic acids is 2. The summed E-state index contributed by atoms with van der Waals surface area (Å²) in [6.45, 7) is 2.76. The first kappa shape index (κ1) is 14.0. The molecule has 19 heavy (non-hydrogen) atoms. The van der Waals surface area contributed by atoms with Crippen molar-refractivity contribution in [2.24, 2.45) is 0 Å². The Kier molecular flexibility index (Phi) is 3.38. The maximum atomic E-state index is 11.9. The average Bonchev–Trinajstić information content (AvgIpc) is 2.54. The van der Waals surface area contributed by atoms with E-state index in [1.54, 1.807) is 0 Å². The Balaban J connectivity index is 2.39. The number of carbonyl (C=O) groups is 2. The van der Waals surface area contributed by atoms with E-state index in [1.165, 1.54) is 32.0 Å². The maximum absolute atomic E-state index is 11.9. The highest BCUT2D eigenvalue weighted by Gasteiger charge is 2.40. The molecule has 1 aromatic rings. The number of halogens is 1. The molecule has 102 valence electrons. The summed E-state index contributed by atoms with van der Waals surface area (Å²) in [5.41, 5.74) is 0.0878. The first-order valence-electron chi connectivity index (χ1n) is 5.36. The highest BCUT2D eigenvalue weighted by Crippen LogP contribution is 2.27. The summed E-state index contributed by atoms with van der Waals surface area (Å²) in [6.07, 6.45) is 0. The van der Waals surface area contributed by atoms with Gasteiger partial charge in [0.05, 0.1) is 16.4 Å². The summed E-state index contributed by atoms with van der Waals surface area (Å²) < 4.78 is 27.8. The van der Waals surface area contributed by atoms with E-state index >= 15 is 0 Å². The van der Waals surface area contributed by atoms with Gasteiger partial charge in [-0.2, -0.15) is 8.42 Å². The molecule has 0 N–H and O–H groups in total. The largest absolute Gasteiger partial charge is 0.290 e. The number of hydrogen-bond acceptors (Lipinski definition) is 5. The number of fused-ring (bicyclic) bond motifs is 1. The summed E-state index contributed by atoms with van der Waals surface area (Å²) >= 11 is 5.73. The maximum Gasteiger partial charge on any atom is 0.290 e. The Hall–Kier alpha value is -1.44. The van der Waals surface area contributed by atoms with Crippen LogP contribution in [0.3, 0.4) is 0 Å². The molecule has 0 saturated carbocycles. The monoisotopic (exact) mass is 303 g/mol. The van der Waals surface area contributed by atoms with Crippen LogP contribution in [-0.2, 0) is 14.4 Å². The smallest absolute Gasteiger partial charge is 0.266 e. The molecule has 0 spiro atoms. The first-order chi connectivity index (χ1) is 8.74. The fourth-order valence-electron chi connectivity index (χ4n) is 1.45. The second kappa shape index (κ2) is 4.59. The third-order valence-electron chi connectivity index (χ3n) is 2.57. The minimum absolute atomic E-state index is 0.0245. The Morgan fingerprint density at radius 1 is 1.16 bits per heavy atom. The van der Waals surface area contributed by atoms with Crippen LogP contribution in [0, 0.1) is 0 Å². The van der Waals surface area contributed by atoms with Gasteiger partial charge in [-0.15, -0.1) is 9.35 Å². The zero-order valence-electron chi connectivity index (χ0n) is 10.1. The summed E-state index contributed by atoms with van der Waals surface area (Å²) in [6, 6.07) is 4.08. The van der Waals surface area contributed by atoms with Crippen molar-refractivity contribution in [3.8, 4) is 0 Å². The van der Waals surface area contributed by atoms with E-state index in [0.29, 0.717) is 0 Å². The van der Waals surface area contributed by atoms with Crippen molar-refractivity contribution >= 4 is 33.5 Å². The van der Waals surface area contributed by atoms with Gasteiger partial charge in [0.15, 0.2) is 0 Å². The van der Waals surface area contributed by atoms with E-state index in [4.69, 9.17) is 11.6 Å². The van der Waals surface area contributed by atoms with E-state index < -0.39 is 27.2 Å². The van der Waals surface area contributed by atoms with Crippen LogP contribution in [0.5, 0.6) is 0 Å². The molecule has 0 aliphatic carbocycles. The van der Waals surface area contributed by atoms with Crippen LogP contribution in [0.1, 0.15) is 34.6 Å². The van der Waals surface area contributed by atoms with Crippen LogP contribution >= 0.6 is 11.6 Å². The lowest BCUT2D eigenvalue weighted by molar-refractivity contribution is -0.0108. The molecular weight excluding hydrogens is 294 g/mol. The topological polar surface area (TPSA) is 80.8 Å². The van der Waals surface area contributed by atoms with Crippen LogP contribution in [0.4, 0.5) is 0 Å². The molecule has 0 atom stereocenters. The quantitative estimate of drug-likeness (QED) is 0.792. The van der Waals surface area contributed by atoms with E-state index in [-0.39, 0.29) is 21.2 Å². The van der Waals surface area contributed by atoms with Crippen molar-refractivity contribution < 1.29 is 22.3 Å². The lowest BCUT2D eigenvalue weighted by atomic mass is 10.1. The molecule has 2 amide bonds. The molecule has 0 unspecified atom stereocenters. The zero-order valence-corrected chi connectivity index (χ0v) is 11.7. The molecule has 1 aliphatic heterocycles. The predicted molar refractivity (Wildman–Crippen MR) is 67.1 cm³/mol. The molecule has 6 nitrogen and oxygen atoms in total. The second-order valence-electron chi connectivity index (χ2n) is 4.21. The fraction of sp³-hybridized carbons (Fsp3) is 0.273. The molecule has 1 aliphatic rings. The van der Waals surface area contributed by atoms with E-state index in [0.717, 1.165) is 0 Å². The summed E-state index contributed by atoms with van der Waals surface area (Å²) in [5, 5.41) is -0.357. The Labute approximate surface area is 115 Å². The van der Waals surface area contributed by atoms with Crippen LogP contribution in [0.25, 0.3) is 0 Å². The summed E-state index contributed by atoms with van der Waals surface area (Å²) in [4.78, 5) is 23.8. The normalized spacial score (nSPS) is 15.3. The van der Waals surface area contributed by atoms with Gasteiger partial charge in [-0.05, 0) is 32.0 Å². The number of amides is 2. The highest BCUT2D eigenvalue weighted by atomic mass is 35.5. The molecule has 0 bridgehead atoms. The Bertz CT molecular complexity index is 668. The minimum atomic E-state index is -4.02. The van der Waals surface area contributed by atoms with Crippen molar-refractivity contribution in [1.82, 2.24) is 5.06 Å². The average molecular weight is 304 g/mol. The van der Waals surface area contributed by atoms with Gasteiger partial charge in [0.2, 0.25) is 0 Å². The fourth-order valence-corrected chi connectivity index (χ4v) is 2.14. The molecular formula is C11H10ClNO5S. The van der Waals surface area contributed by atoms with Crippen LogP contribution in [-0.4, -0.2) is 30.5 Å². The van der Waals surface area contributed by atoms with Gasteiger partial charge in [0.25, 0.3) is 21.9 Å². The molecule has 1 heterocycles. The Morgan fingerprint density at radius 3 is 2.32 bits per heavy atom. The number of nitrogens with zero attached hydrogens (tertiary/aromatic N) is 1. The lowest BCUT2D eigenvalue weighted by Gasteiger charge is -2.14. The van der Waals surface area contributed by atoms with Gasteiger partial charge >= 0.3 is 0 Å². The van der Waals surface area contributed by atoms with Gasteiger partial charge in [0.1, 0.15) is 0 Å². The van der Waals surface area contributed by atoms with Crippen molar-refractivity contribution in [3.05, 3.63) is 34.3 Å². The molecule has 0 aromatic heterocycles. The van der Waals surface area contributed by atoms with Crippen molar-refractivity contribution in [1.29, 1.82) is 0 Å². The number of rotatable bonds is 3. The van der Waals surface area contributed by atoms with Crippen molar-refractivity contribution in [2.75, 3.05) is 0 Å². The van der Waals surface area contributed by atoms with Gasteiger partial charge in [-0.1, -0.05) is 11.6 Å². The number of imide groups is 1. The van der Waals surface area contributed by atoms with Crippen LogP contribution < -0.4 is 0 Å². The number of hydrogen-bond donors (Lipinski definition) is 0.